The Hall–Kier alpha value is -4.95. The summed E-state index contributed by atoms with van der Waals surface area (Å²) in [5, 5.41) is 0. The Morgan fingerprint density at radius 2 is 1.60 bits per heavy atom. The number of fused-ring (bicyclic) bond motifs is 1. The fourth-order valence-corrected chi connectivity index (χ4v) is 7.02. The first kappa shape index (κ1) is 30.1. The molecule has 3 heterocycles. The van der Waals surface area contributed by atoms with Gasteiger partial charge in [-0.25, -0.2) is 9.79 Å². The second-order valence-electron chi connectivity index (χ2n) is 10.8. The number of nitrogens with zero attached hydrogens (tertiary/aromatic N) is 3. The van der Waals surface area contributed by atoms with Gasteiger partial charge in [-0.3, -0.25) is 9.36 Å². The molecule has 0 bridgehead atoms. The van der Waals surface area contributed by atoms with E-state index in [9.17, 15) is 9.59 Å². The van der Waals surface area contributed by atoms with Crippen molar-refractivity contribution in [1.29, 1.82) is 0 Å². The van der Waals surface area contributed by atoms with Crippen LogP contribution in [0, 0.1) is 13.8 Å². The normalized spacial score (nSPS) is 14.7. The van der Waals surface area contributed by atoms with E-state index >= 15 is 0 Å². The molecule has 0 fully saturated rings. The van der Waals surface area contributed by atoms with Crippen molar-refractivity contribution in [3.63, 3.8) is 0 Å². The quantitative estimate of drug-likeness (QED) is 0.192. The topological polar surface area (TPSA) is 74.8 Å². The van der Waals surface area contributed by atoms with E-state index < -0.39 is 12.0 Å². The van der Waals surface area contributed by atoms with Crippen molar-refractivity contribution in [3.05, 3.63) is 138 Å². The van der Waals surface area contributed by atoms with E-state index in [-0.39, 0.29) is 12.2 Å². The number of rotatable bonds is 8. The minimum absolute atomic E-state index is 0.213. The lowest BCUT2D eigenvalue weighted by molar-refractivity contribution is -0.139. The summed E-state index contributed by atoms with van der Waals surface area (Å²) in [7, 11) is 0. The van der Waals surface area contributed by atoms with Gasteiger partial charge in [-0.05, 0) is 81.7 Å². The molecule has 0 unspecified atom stereocenters. The Bertz CT molecular complexity index is 2100. The highest BCUT2D eigenvalue weighted by Gasteiger charge is 2.35. The van der Waals surface area contributed by atoms with E-state index in [1.807, 2.05) is 55.5 Å². The first-order chi connectivity index (χ1) is 21.8. The van der Waals surface area contributed by atoms with Crippen molar-refractivity contribution < 1.29 is 14.3 Å². The van der Waals surface area contributed by atoms with E-state index in [0.717, 1.165) is 28.2 Å². The number of carbonyl (C=O) groups excluding carboxylic acids is 1. The molecule has 0 spiro atoms. The van der Waals surface area contributed by atoms with E-state index in [4.69, 9.17) is 14.5 Å². The highest BCUT2D eigenvalue weighted by Crippen LogP contribution is 2.36. The molecule has 1 aliphatic rings. The van der Waals surface area contributed by atoms with Gasteiger partial charge in [-0.15, -0.1) is 0 Å². The van der Waals surface area contributed by atoms with Crippen molar-refractivity contribution in [2.45, 2.75) is 40.7 Å². The van der Waals surface area contributed by atoms with E-state index in [1.54, 1.807) is 18.4 Å². The third kappa shape index (κ3) is 5.58. The molecular formula is C37H35N3O4S. The number of aromatic nitrogens is 2. The van der Waals surface area contributed by atoms with Crippen LogP contribution in [0.1, 0.15) is 49.3 Å². The van der Waals surface area contributed by atoms with E-state index in [0.29, 0.717) is 38.5 Å². The predicted octanol–water partition coefficient (Wildman–Crippen LogP) is 6.27. The molecule has 0 radical (unpaired) electrons. The number of thiazole rings is 1. The molecule has 1 atom stereocenters. The number of benzene rings is 3. The summed E-state index contributed by atoms with van der Waals surface area (Å²) in [6.45, 7) is 10.2. The smallest absolute Gasteiger partial charge is 0.338 e. The van der Waals surface area contributed by atoms with Crippen LogP contribution in [0.15, 0.2) is 106 Å². The molecule has 5 aromatic rings. The van der Waals surface area contributed by atoms with Gasteiger partial charge >= 0.3 is 5.97 Å². The molecule has 0 amide bonds. The van der Waals surface area contributed by atoms with Crippen molar-refractivity contribution in [1.82, 2.24) is 9.13 Å². The third-order valence-electron chi connectivity index (χ3n) is 8.02. The van der Waals surface area contributed by atoms with Crippen molar-refractivity contribution in [2.75, 3.05) is 13.2 Å². The summed E-state index contributed by atoms with van der Waals surface area (Å²) in [4.78, 5) is 32.8. The summed E-state index contributed by atoms with van der Waals surface area (Å²) in [6.07, 6.45) is 1.93. The van der Waals surface area contributed by atoms with Crippen LogP contribution < -0.4 is 19.6 Å². The molecule has 0 saturated heterocycles. The molecule has 8 heteroatoms. The predicted molar refractivity (Wildman–Crippen MR) is 179 cm³/mol. The van der Waals surface area contributed by atoms with Gasteiger partial charge < -0.3 is 14.0 Å². The first-order valence-electron chi connectivity index (χ1n) is 15.1. The summed E-state index contributed by atoms with van der Waals surface area (Å²) in [5.74, 6) is 0.115. The highest BCUT2D eigenvalue weighted by molar-refractivity contribution is 7.07. The Balaban J connectivity index is 1.46. The SMILES string of the molecule is CCOC(=O)C1=C(C)N=c2s/c(=C\c3cc(C)n(-c4ccc(-c5ccccc5)cc4)c3C)c(=O)n2[C@@H]1c1ccccc1OCC. The Labute approximate surface area is 266 Å². The second-order valence-corrected chi connectivity index (χ2v) is 11.9. The zero-order valence-electron chi connectivity index (χ0n) is 26.0. The van der Waals surface area contributed by atoms with Crippen LogP contribution in [0.2, 0.25) is 0 Å². The Kier molecular flexibility index (Phi) is 8.41. The number of aryl methyl sites for hydroxylation is 1. The standard InChI is InChI=1S/C37H35N3O4S/c1-6-43-31-16-12-11-15-30(31)34-33(36(42)44-7-2)24(4)38-37-40(34)35(41)32(45-37)22-28-21-23(3)39(25(28)5)29-19-17-27(18-20-29)26-13-9-8-10-14-26/h8-22,34H,6-7H2,1-5H3/b32-22-/t34-/m1/s1. The van der Waals surface area contributed by atoms with E-state index in [2.05, 4.69) is 60.9 Å². The number of hydrogen-bond donors (Lipinski definition) is 0. The minimum atomic E-state index is -0.735. The van der Waals surface area contributed by atoms with Crippen LogP contribution >= 0.6 is 11.3 Å². The summed E-state index contributed by atoms with van der Waals surface area (Å²) >= 11 is 1.32. The number of carbonyl (C=O) groups is 1. The van der Waals surface area contributed by atoms with Crippen LogP contribution in [0.25, 0.3) is 22.9 Å². The van der Waals surface area contributed by atoms with Crippen LogP contribution in [-0.4, -0.2) is 28.3 Å². The number of allylic oxidation sites excluding steroid dienone is 1. The van der Waals surface area contributed by atoms with Crippen LogP contribution in [-0.2, 0) is 9.53 Å². The lowest BCUT2D eigenvalue weighted by atomic mass is 9.95. The maximum atomic E-state index is 14.2. The third-order valence-corrected chi connectivity index (χ3v) is 9.00. The summed E-state index contributed by atoms with van der Waals surface area (Å²) in [5.41, 5.74) is 7.74. The second kappa shape index (κ2) is 12.6. The summed E-state index contributed by atoms with van der Waals surface area (Å²) < 4.78 is 15.7. The average molecular weight is 618 g/mol. The maximum Gasteiger partial charge on any atom is 0.338 e. The molecule has 0 N–H and O–H groups in total. The van der Waals surface area contributed by atoms with Gasteiger partial charge in [0.15, 0.2) is 4.80 Å². The van der Waals surface area contributed by atoms with Gasteiger partial charge in [0.2, 0.25) is 0 Å². The van der Waals surface area contributed by atoms with Crippen molar-refractivity contribution >= 4 is 23.4 Å². The molecule has 45 heavy (non-hydrogen) atoms. The van der Waals surface area contributed by atoms with E-state index in [1.165, 1.54) is 16.9 Å². The van der Waals surface area contributed by atoms with Gasteiger partial charge in [-0.2, -0.15) is 0 Å². The number of esters is 1. The zero-order chi connectivity index (χ0) is 31.7. The van der Waals surface area contributed by atoms with Crippen LogP contribution in [0.3, 0.4) is 0 Å². The average Bonchev–Trinajstić information content (AvgIpc) is 3.50. The molecule has 2 aromatic heterocycles. The van der Waals surface area contributed by atoms with Crippen LogP contribution in [0.4, 0.5) is 0 Å². The molecule has 6 rings (SSSR count). The maximum absolute atomic E-state index is 14.2. The fraction of sp³-hybridized carbons (Fsp3) is 0.216. The monoisotopic (exact) mass is 617 g/mol. The summed E-state index contributed by atoms with van der Waals surface area (Å²) in [6, 6.07) is 27.7. The lowest BCUT2D eigenvalue weighted by Crippen LogP contribution is -2.40. The molecule has 0 aliphatic carbocycles. The Morgan fingerprint density at radius 1 is 0.911 bits per heavy atom. The fourth-order valence-electron chi connectivity index (χ4n) is 5.98. The minimum Gasteiger partial charge on any atom is -0.494 e. The van der Waals surface area contributed by atoms with Gasteiger partial charge in [0.05, 0.1) is 29.0 Å². The highest BCUT2D eigenvalue weighted by atomic mass is 32.1. The van der Waals surface area contributed by atoms with Crippen molar-refractivity contribution in [2.24, 2.45) is 4.99 Å². The van der Waals surface area contributed by atoms with Gasteiger partial charge in [0.1, 0.15) is 11.8 Å². The van der Waals surface area contributed by atoms with Crippen LogP contribution in [0.5, 0.6) is 5.75 Å². The zero-order valence-corrected chi connectivity index (χ0v) is 26.9. The van der Waals surface area contributed by atoms with Gasteiger partial charge in [-0.1, -0.05) is 72.0 Å². The molecule has 7 nitrogen and oxygen atoms in total. The molecule has 228 valence electrons. The number of ether oxygens (including phenoxy) is 2. The van der Waals surface area contributed by atoms with Gasteiger partial charge in [0, 0.05) is 22.6 Å². The molecule has 3 aromatic carbocycles. The Morgan fingerprint density at radius 3 is 2.31 bits per heavy atom. The number of para-hydroxylation sites is 1. The molecular weight excluding hydrogens is 582 g/mol. The molecule has 0 saturated carbocycles. The van der Waals surface area contributed by atoms with Gasteiger partial charge in [0.25, 0.3) is 5.56 Å². The first-order valence-corrected chi connectivity index (χ1v) is 15.9. The number of hydrogen-bond acceptors (Lipinski definition) is 6. The lowest BCUT2D eigenvalue weighted by Gasteiger charge is -2.26. The molecule has 1 aliphatic heterocycles. The largest absolute Gasteiger partial charge is 0.494 e. The van der Waals surface area contributed by atoms with Crippen molar-refractivity contribution in [3.8, 4) is 22.6 Å².